The van der Waals surface area contributed by atoms with Crippen LogP contribution in [-0.4, -0.2) is 35.6 Å². The molecule has 0 aromatic carbocycles. The fourth-order valence-corrected chi connectivity index (χ4v) is 2.56. The average Bonchev–Trinajstić information content (AvgIpc) is 2.74. The van der Waals surface area contributed by atoms with Crippen LogP contribution in [0.4, 0.5) is 0 Å². The number of carbonyl (C=O) groups is 1. The lowest BCUT2D eigenvalue weighted by molar-refractivity contribution is -0.148. The number of allylic oxidation sites excluding steroid dienone is 1. The van der Waals surface area contributed by atoms with E-state index in [1.54, 1.807) is 0 Å². The zero-order chi connectivity index (χ0) is 12.7. The number of likely N-dealkylation sites (tertiary alicyclic amines) is 1. The van der Waals surface area contributed by atoms with Crippen molar-refractivity contribution in [3.05, 3.63) is 12.7 Å². The van der Waals surface area contributed by atoms with Gasteiger partial charge in [0.05, 0.1) is 5.41 Å². The molecule has 0 amide bonds. The number of carboxylic acid groups (broad SMARTS) is 1. The Morgan fingerprint density at radius 2 is 2.24 bits per heavy atom. The van der Waals surface area contributed by atoms with Gasteiger partial charge in [0.25, 0.3) is 0 Å². The smallest absolute Gasteiger partial charge is 0.310 e. The Bertz CT molecular complexity index is 265. The van der Waals surface area contributed by atoms with Gasteiger partial charge in [0.2, 0.25) is 0 Å². The van der Waals surface area contributed by atoms with Crippen LogP contribution in [0.5, 0.6) is 0 Å². The topological polar surface area (TPSA) is 40.5 Å². The van der Waals surface area contributed by atoms with Gasteiger partial charge in [-0.2, -0.15) is 0 Å². The Hall–Kier alpha value is -0.830. The van der Waals surface area contributed by atoms with Gasteiger partial charge in [-0.25, -0.2) is 0 Å². The Kier molecular flexibility index (Phi) is 5.69. The van der Waals surface area contributed by atoms with Crippen molar-refractivity contribution >= 4 is 5.97 Å². The van der Waals surface area contributed by atoms with E-state index in [1.807, 2.05) is 13.0 Å². The van der Waals surface area contributed by atoms with E-state index in [0.717, 1.165) is 38.9 Å². The minimum atomic E-state index is -0.617. The highest BCUT2D eigenvalue weighted by Gasteiger charge is 2.42. The summed E-state index contributed by atoms with van der Waals surface area (Å²) in [7, 11) is 0. The average molecular weight is 239 g/mol. The summed E-state index contributed by atoms with van der Waals surface area (Å²) in [5, 5.41) is 9.29. The summed E-state index contributed by atoms with van der Waals surface area (Å²) in [5.41, 5.74) is -0.471. The normalized spacial score (nSPS) is 25.0. The van der Waals surface area contributed by atoms with E-state index >= 15 is 0 Å². The number of nitrogens with zero attached hydrogens (tertiary/aromatic N) is 1. The summed E-state index contributed by atoms with van der Waals surface area (Å²) >= 11 is 0. The number of carboxylic acids is 1. The second-order valence-corrected chi connectivity index (χ2v) is 5.10. The van der Waals surface area contributed by atoms with Gasteiger partial charge < -0.3 is 10.0 Å². The molecule has 1 N–H and O–H groups in total. The summed E-state index contributed by atoms with van der Waals surface area (Å²) in [4.78, 5) is 13.6. The zero-order valence-corrected chi connectivity index (χ0v) is 11.0. The maximum Gasteiger partial charge on any atom is 0.310 e. The summed E-state index contributed by atoms with van der Waals surface area (Å²) < 4.78 is 0. The molecule has 0 bridgehead atoms. The molecule has 0 aromatic rings. The molecule has 0 radical (unpaired) electrons. The van der Waals surface area contributed by atoms with Crippen molar-refractivity contribution in [2.24, 2.45) is 5.41 Å². The van der Waals surface area contributed by atoms with Gasteiger partial charge in [-0.3, -0.25) is 4.79 Å². The second kappa shape index (κ2) is 6.80. The molecule has 17 heavy (non-hydrogen) atoms. The van der Waals surface area contributed by atoms with Crippen LogP contribution < -0.4 is 0 Å². The highest BCUT2D eigenvalue weighted by Crippen LogP contribution is 2.34. The molecule has 98 valence electrons. The van der Waals surface area contributed by atoms with Gasteiger partial charge >= 0.3 is 5.97 Å². The van der Waals surface area contributed by atoms with Crippen LogP contribution in [0.15, 0.2) is 12.7 Å². The standard InChI is InChI=1S/C14H25NO2/c1-3-5-6-7-8-10-15-11-9-14(4-2,12-15)13(16)17/h3H,1,4-12H2,2H3,(H,16,17). The molecule has 0 spiro atoms. The van der Waals surface area contributed by atoms with Gasteiger partial charge in [-0.1, -0.05) is 19.4 Å². The van der Waals surface area contributed by atoms with Gasteiger partial charge in [-0.05, 0) is 45.2 Å². The second-order valence-electron chi connectivity index (χ2n) is 5.10. The minimum Gasteiger partial charge on any atom is -0.481 e. The molecule has 1 aliphatic heterocycles. The molecule has 1 heterocycles. The number of aliphatic carboxylic acids is 1. The molecule has 3 heteroatoms. The fraction of sp³-hybridized carbons (Fsp3) is 0.786. The molecule has 1 atom stereocenters. The van der Waals surface area contributed by atoms with Gasteiger partial charge in [0.1, 0.15) is 0 Å². The van der Waals surface area contributed by atoms with E-state index in [2.05, 4.69) is 11.5 Å². The van der Waals surface area contributed by atoms with E-state index in [1.165, 1.54) is 19.3 Å². The summed E-state index contributed by atoms with van der Waals surface area (Å²) in [6.07, 6.45) is 8.20. The summed E-state index contributed by atoms with van der Waals surface area (Å²) in [6, 6.07) is 0. The number of hydrogen-bond acceptors (Lipinski definition) is 2. The number of unbranched alkanes of at least 4 members (excludes halogenated alkanes) is 3. The van der Waals surface area contributed by atoms with Gasteiger partial charge in [0, 0.05) is 6.54 Å². The number of hydrogen-bond donors (Lipinski definition) is 1. The molecule has 1 saturated heterocycles. The first-order valence-corrected chi connectivity index (χ1v) is 6.71. The van der Waals surface area contributed by atoms with Crippen molar-refractivity contribution in [1.82, 2.24) is 4.90 Å². The minimum absolute atomic E-state index is 0.471. The van der Waals surface area contributed by atoms with Crippen molar-refractivity contribution in [2.75, 3.05) is 19.6 Å². The predicted molar refractivity (Wildman–Crippen MR) is 70.1 cm³/mol. The summed E-state index contributed by atoms with van der Waals surface area (Å²) in [5.74, 6) is -0.617. The third kappa shape index (κ3) is 3.84. The van der Waals surface area contributed by atoms with Crippen LogP contribution in [-0.2, 0) is 4.79 Å². The fourth-order valence-electron chi connectivity index (χ4n) is 2.56. The van der Waals surface area contributed by atoms with E-state index < -0.39 is 11.4 Å². The quantitative estimate of drug-likeness (QED) is 0.523. The lowest BCUT2D eigenvalue weighted by atomic mass is 9.84. The van der Waals surface area contributed by atoms with Crippen LogP contribution in [0.25, 0.3) is 0 Å². The third-order valence-electron chi connectivity index (χ3n) is 3.95. The first kappa shape index (κ1) is 14.2. The Balaban J connectivity index is 2.25. The van der Waals surface area contributed by atoms with Crippen LogP contribution in [0, 0.1) is 5.41 Å². The van der Waals surface area contributed by atoms with Crippen molar-refractivity contribution < 1.29 is 9.90 Å². The van der Waals surface area contributed by atoms with Gasteiger partial charge in [0.15, 0.2) is 0 Å². The maximum atomic E-state index is 11.3. The first-order chi connectivity index (χ1) is 8.14. The molecule has 0 aromatic heterocycles. The van der Waals surface area contributed by atoms with E-state index in [-0.39, 0.29) is 0 Å². The Labute approximate surface area is 105 Å². The van der Waals surface area contributed by atoms with E-state index in [9.17, 15) is 9.90 Å². The van der Waals surface area contributed by atoms with Crippen molar-refractivity contribution in [3.8, 4) is 0 Å². The molecule has 1 unspecified atom stereocenters. The number of rotatable bonds is 8. The van der Waals surface area contributed by atoms with Crippen LogP contribution >= 0.6 is 0 Å². The summed E-state index contributed by atoms with van der Waals surface area (Å²) in [6.45, 7) is 8.43. The predicted octanol–water partition coefficient (Wildman–Crippen LogP) is 2.92. The Morgan fingerprint density at radius 1 is 1.47 bits per heavy atom. The monoisotopic (exact) mass is 239 g/mol. The van der Waals surface area contributed by atoms with Crippen LogP contribution in [0.3, 0.4) is 0 Å². The van der Waals surface area contributed by atoms with Crippen molar-refractivity contribution in [1.29, 1.82) is 0 Å². The molecule has 1 aliphatic rings. The van der Waals surface area contributed by atoms with Crippen molar-refractivity contribution in [2.45, 2.75) is 45.4 Å². The van der Waals surface area contributed by atoms with Crippen LogP contribution in [0.1, 0.15) is 45.4 Å². The SMILES string of the molecule is C=CCCCCCN1CCC(CC)(C(=O)O)C1. The molecule has 0 aliphatic carbocycles. The molecule has 1 fully saturated rings. The molecular formula is C14H25NO2. The lowest BCUT2D eigenvalue weighted by Gasteiger charge is -2.23. The highest BCUT2D eigenvalue weighted by atomic mass is 16.4. The maximum absolute atomic E-state index is 11.3. The molecule has 1 rings (SSSR count). The highest BCUT2D eigenvalue weighted by molar-refractivity contribution is 5.75. The zero-order valence-electron chi connectivity index (χ0n) is 11.0. The first-order valence-electron chi connectivity index (χ1n) is 6.71. The Morgan fingerprint density at radius 3 is 2.76 bits per heavy atom. The molecule has 3 nitrogen and oxygen atoms in total. The van der Waals surface area contributed by atoms with Crippen LogP contribution in [0.2, 0.25) is 0 Å². The third-order valence-corrected chi connectivity index (χ3v) is 3.95. The molecule has 0 saturated carbocycles. The lowest BCUT2D eigenvalue weighted by Crippen LogP contribution is -2.34. The largest absolute Gasteiger partial charge is 0.481 e. The van der Waals surface area contributed by atoms with E-state index in [4.69, 9.17) is 0 Å². The van der Waals surface area contributed by atoms with Gasteiger partial charge in [-0.15, -0.1) is 6.58 Å². The van der Waals surface area contributed by atoms with Crippen molar-refractivity contribution in [3.63, 3.8) is 0 Å². The van der Waals surface area contributed by atoms with E-state index in [0.29, 0.717) is 0 Å². The molecular weight excluding hydrogens is 214 g/mol.